The molecule has 0 amide bonds. The van der Waals surface area contributed by atoms with E-state index in [9.17, 15) is 18.3 Å². The number of alkyl halides is 3. The van der Waals surface area contributed by atoms with E-state index in [-0.39, 0.29) is 59.9 Å². The van der Waals surface area contributed by atoms with Crippen molar-refractivity contribution in [3.63, 3.8) is 0 Å². The molecule has 5 rings (SSSR count). The van der Waals surface area contributed by atoms with Gasteiger partial charge in [0.15, 0.2) is 11.6 Å². The fourth-order valence-corrected chi connectivity index (χ4v) is 5.23. The van der Waals surface area contributed by atoms with Crippen LogP contribution in [0, 0.1) is 12.7 Å². The van der Waals surface area contributed by atoms with Crippen molar-refractivity contribution in [2.75, 3.05) is 42.7 Å². The highest BCUT2D eigenvalue weighted by atomic mass is 35.5. The number of pyridine rings is 2. The number of aromatic nitrogens is 4. The number of anilines is 3. The maximum atomic E-state index is 16.5. The van der Waals surface area contributed by atoms with E-state index in [2.05, 4.69) is 19.9 Å². The van der Waals surface area contributed by atoms with E-state index in [0.29, 0.717) is 5.56 Å². The Bertz CT molecular complexity index is 1650. The lowest BCUT2D eigenvalue weighted by molar-refractivity contribution is -0.137. The molecule has 1 atom stereocenters. The van der Waals surface area contributed by atoms with Crippen LogP contribution in [-0.4, -0.2) is 51.4 Å². The number of ether oxygens (including phenoxy) is 2. The monoisotopic (exact) mass is 593 g/mol. The van der Waals surface area contributed by atoms with Gasteiger partial charge in [0, 0.05) is 11.8 Å². The van der Waals surface area contributed by atoms with E-state index in [0.717, 1.165) is 6.07 Å². The summed E-state index contributed by atoms with van der Waals surface area (Å²) in [7, 11) is 0. The number of hydrogen-bond acceptors (Lipinski definition) is 10. The molecule has 216 valence electrons. The molecule has 1 aliphatic rings. The molecule has 0 aliphatic carbocycles. The first-order chi connectivity index (χ1) is 19.4. The molecule has 4 aromatic rings. The zero-order valence-corrected chi connectivity index (χ0v) is 22.5. The van der Waals surface area contributed by atoms with Crippen molar-refractivity contribution in [2.24, 2.45) is 0 Å². The first-order valence-electron chi connectivity index (χ1n) is 12.3. The van der Waals surface area contributed by atoms with Crippen molar-refractivity contribution < 1.29 is 32.1 Å². The highest BCUT2D eigenvalue weighted by molar-refractivity contribution is 6.36. The molecule has 0 radical (unpaired) electrons. The smallest absolute Gasteiger partial charge is 0.418 e. The zero-order valence-electron chi connectivity index (χ0n) is 21.8. The molecule has 0 saturated carbocycles. The normalized spacial score (nSPS) is 14.1. The molecule has 0 bridgehead atoms. The van der Waals surface area contributed by atoms with Gasteiger partial charge in [0.2, 0.25) is 0 Å². The first-order valence-corrected chi connectivity index (χ1v) is 12.7. The Kier molecular flexibility index (Phi) is 7.38. The molecule has 5 N–H and O–H groups in total. The predicted octanol–water partition coefficient (Wildman–Crippen LogP) is 4.70. The van der Waals surface area contributed by atoms with Crippen LogP contribution in [0.25, 0.3) is 22.2 Å². The Morgan fingerprint density at radius 1 is 1.24 bits per heavy atom. The third-order valence-corrected chi connectivity index (χ3v) is 7.02. The van der Waals surface area contributed by atoms with Crippen molar-refractivity contribution in [1.29, 1.82) is 0 Å². The number of nitrogens with two attached hydrogens (primary N) is 2. The number of halogens is 5. The van der Waals surface area contributed by atoms with Gasteiger partial charge in [-0.3, -0.25) is 0 Å². The molecule has 4 heterocycles. The summed E-state index contributed by atoms with van der Waals surface area (Å²) in [4.78, 5) is 18.3. The number of aliphatic hydroxyl groups is 1. The summed E-state index contributed by atoms with van der Waals surface area (Å²) in [6, 6.07) is 3.71. The molecular formula is C26H24ClF4N7O3. The Morgan fingerprint density at radius 3 is 2.68 bits per heavy atom. The average molecular weight is 594 g/mol. The van der Waals surface area contributed by atoms with Crippen LogP contribution < -0.4 is 25.8 Å². The van der Waals surface area contributed by atoms with Gasteiger partial charge in [0.25, 0.3) is 0 Å². The molecule has 10 nitrogen and oxygen atoms in total. The summed E-state index contributed by atoms with van der Waals surface area (Å²) >= 11 is 6.64. The Hall–Kier alpha value is -4.17. The highest BCUT2D eigenvalue weighted by Crippen LogP contribution is 2.50. The molecule has 41 heavy (non-hydrogen) atoms. The molecule has 0 fully saturated rings. The van der Waals surface area contributed by atoms with E-state index in [4.69, 9.17) is 32.5 Å². The molecule has 1 aromatic carbocycles. The minimum atomic E-state index is -4.91. The summed E-state index contributed by atoms with van der Waals surface area (Å²) in [5, 5.41) is 8.83. The Morgan fingerprint density at radius 2 is 2.00 bits per heavy atom. The third-order valence-electron chi connectivity index (χ3n) is 6.66. The van der Waals surface area contributed by atoms with Crippen LogP contribution >= 0.6 is 11.6 Å². The topological polar surface area (TPSA) is 146 Å². The fourth-order valence-electron chi connectivity index (χ4n) is 4.90. The maximum absolute atomic E-state index is 16.5. The van der Waals surface area contributed by atoms with Crippen molar-refractivity contribution in [2.45, 2.75) is 26.1 Å². The summed E-state index contributed by atoms with van der Waals surface area (Å²) < 4.78 is 70.4. The second-order valence-electron chi connectivity index (χ2n) is 9.24. The Labute approximate surface area is 235 Å². The lowest BCUT2D eigenvalue weighted by atomic mass is 9.98. The minimum absolute atomic E-state index is 0.00796. The van der Waals surface area contributed by atoms with Gasteiger partial charge in [-0.2, -0.15) is 23.1 Å². The molecule has 1 aliphatic heterocycles. The van der Waals surface area contributed by atoms with Gasteiger partial charge < -0.3 is 30.9 Å². The number of aliphatic hydroxyl groups excluding tert-OH is 1. The number of rotatable bonds is 6. The average Bonchev–Trinajstić information content (AvgIpc) is 3.09. The summed E-state index contributed by atoms with van der Waals surface area (Å²) in [6.45, 7) is 2.56. The van der Waals surface area contributed by atoms with Crippen molar-refractivity contribution >= 4 is 40.0 Å². The molecular weight excluding hydrogens is 570 g/mol. The summed E-state index contributed by atoms with van der Waals surface area (Å²) in [5.41, 5.74) is 9.14. The first kappa shape index (κ1) is 28.4. The molecule has 0 saturated heterocycles. The highest BCUT2D eigenvalue weighted by Gasteiger charge is 2.40. The number of nitrogen functional groups attached to an aromatic ring is 2. The zero-order chi connectivity index (χ0) is 29.6. The van der Waals surface area contributed by atoms with E-state index in [1.165, 1.54) is 13.1 Å². The minimum Gasteiger partial charge on any atom is -0.489 e. The summed E-state index contributed by atoms with van der Waals surface area (Å²) in [6.07, 6.45) is -3.38. The van der Waals surface area contributed by atoms with E-state index in [1.54, 1.807) is 17.0 Å². The summed E-state index contributed by atoms with van der Waals surface area (Å²) in [5.74, 6) is -1.22. The van der Waals surface area contributed by atoms with E-state index in [1.807, 2.05) is 6.92 Å². The van der Waals surface area contributed by atoms with Gasteiger partial charge in [0.05, 0.1) is 46.4 Å². The quantitative estimate of drug-likeness (QED) is 0.269. The van der Waals surface area contributed by atoms with Crippen molar-refractivity contribution in [1.82, 2.24) is 19.9 Å². The number of aryl methyl sites for hydroxylation is 1. The maximum Gasteiger partial charge on any atom is 0.418 e. The largest absolute Gasteiger partial charge is 0.489 e. The molecule has 15 heteroatoms. The second-order valence-corrected chi connectivity index (χ2v) is 9.62. The van der Waals surface area contributed by atoms with Gasteiger partial charge >= 0.3 is 12.2 Å². The van der Waals surface area contributed by atoms with Gasteiger partial charge in [-0.15, -0.1) is 0 Å². The van der Waals surface area contributed by atoms with Crippen LogP contribution in [0.1, 0.15) is 29.7 Å². The van der Waals surface area contributed by atoms with Crippen LogP contribution in [0.5, 0.6) is 11.8 Å². The fraction of sp³-hybridized carbons (Fsp3) is 0.308. The van der Waals surface area contributed by atoms with E-state index >= 15 is 4.39 Å². The van der Waals surface area contributed by atoms with Crippen LogP contribution in [0.2, 0.25) is 5.02 Å². The van der Waals surface area contributed by atoms with Gasteiger partial charge in [-0.25, -0.2) is 14.4 Å². The molecule has 0 unspecified atom stereocenters. The molecule has 0 spiro atoms. The Balaban J connectivity index is 1.85. The second kappa shape index (κ2) is 10.7. The van der Waals surface area contributed by atoms with Crippen LogP contribution in [-0.2, 0) is 6.18 Å². The lowest BCUT2D eigenvalue weighted by Crippen LogP contribution is -2.31. The number of hydrogen-bond donors (Lipinski definition) is 3. The lowest BCUT2D eigenvalue weighted by Gasteiger charge is -2.30. The molecule has 3 aromatic heterocycles. The van der Waals surface area contributed by atoms with Gasteiger partial charge in [-0.1, -0.05) is 17.7 Å². The van der Waals surface area contributed by atoms with Crippen LogP contribution in [0.4, 0.5) is 35.0 Å². The third kappa shape index (κ3) is 4.97. The van der Waals surface area contributed by atoms with Crippen LogP contribution in [0.15, 0.2) is 24.4 Å². The van der Waals surface area contributed by atoms with Crippen LogP contribution in [0.3, 0.4) is 0 Å². The SMILES string of the molecule is Cc1cc(N)nc(-c2c(Cl)c3c4c(nc(OCCO)nc4c2F)N([C@H](C)c2cccnc2N)CCO3)c1C(F)(F)F. The number of benzene rings is 1. The van der Waals surface area contributed by atoms with Gasteiger partial charge in [0.1, 0.15) is 36.2 Å². The van der Waals surface area contributed by atoms with Crippen molar-refractivity contribution in [3.05, 3.63) is 51.9 Å². The van der Waals surface area contributed by atoms with Crippen molar-refractivity contribution in [3.8, 4) is 23.0 Å². The van der Waals surface area contributed by atoms with Gasteiger partial charge in [-0.05, 0) is 31.5 Å². The number of nitrogens with zero attached hydrogens (tertiary/aromatic N) is 5. The standard InChI is InChI=1S/C26H24ClF4N7O3/c1-11-10-14(32)35-20(17(11)26(29,30)31)15-18(27)22-16-21(19(15)28)36-25(41-9-7-39)37-24(16)38(6-8-40-22)12(2)13-4-3-5-34-23(13)33/h3-5,10,12,39H,6-9H2,1-2H3,(H2,32,35)(H2,33,34)/t12-/m1/s1. The van der Waals surface area contributed by atoms with E-state index < -0.39 is 52.0 Å². The predicted molar refractivity (Wildman–Crippen MR) is 144 cm³/mol.